The molecule has 13 nitrogen and oxygen atoms in total. The average Bonchev–Trinajstić information content (AvgIpc) is 3.78. The predicted molar refractivity (Wildman–Crippen MR) is 221 cm³/mol. The number of hydrogen-bond acceptors (Lipinski definition) is 11. The number of alkyl carbamates (subject to hydrolysis) is 1. The number of H-pyrrole nitrogens is 1. The Morgan fingerprint density at radius 2 is 1.74 bits per heavy atom. The van der Waals surface area contributed by atoms with Crippen LogP contribution in [0.3, 0.4) is 0 Å². The fourth-order valence-electron chi connectivity index (χ4n) is 7.30. The normalized spacial score (nSPS) is 12.5. The van der Waals surface area contributed by atoms with Crippen LogP contribution in [-0.2, 0) is 26.9 Å². The SMILES string of the molecule is CCc1cc(OCCO[Si](C(C)C)(C(C)C)C(C)C)c(F)c(C(Nc2ccc(C#N)c(CNC(=O)OC(C)(C)C)c2)c2nn(-c3ccsc3C(=O)OC)c(=O)[nH]2)c1. The number of rotatable bonds is 17. The summed E-state index contributed by atoms with van der Waals surface area (Å²) in [5, 5.41) is 22.1. The highest BCUT2D eigenvalue weighted by molar-refractivity contribution is 7.12. The van der Waals surface area contributed by atoms with E-state index in [0.717, 1.165) is 21.6 Å². The Morgan fingerprint density at radius 3 is 2.33 bits per heavy atom. The summed E-state index contributed by atoms with van der Waals surface area (Å²) in [6, 6.07) is 10.8. The third kappa shape index (κ3) is 10.5. The molecule has 308 valence electrons. The summed E-state index contributed by atoms with van der Waals surface area (Å²) in [6.45, 7) is 20.7. The second kappa shape index (κ2) is 19.0. The van der Waals surface area contributed by atoms with E-state index in [2.05, 4.69) is 68.3 Å². The van der Waals surface area contributed by atoms with E-state index in [1.165, 1.54) is 7.11 Å². The summed E-state index contributed by atoms with van der Waals surface area (Å²) in [6.07, 6.45) is -0.121. The number of methoxy groups -OCH3 is 1. The smallest absolute Gasteiger partial charge is 0.407 e. The van der Waals surface area contributed by atoms with Gasteiger partial charge in [0.15, 0.2) is 25.7 Å². The molecule has 0 spiro atoms. The Morgan fingerprint density at radius 1 is 1.05 bits per heavy atom. The number of ether oxygens (including phenoxy) is 3. The van der Waals surface area contributed by atoms with Gasteiger partial charge in [0, 0.05) is 17.8 Å². The topological polar surface area (TPSA) is 170 Å². The van der Waals surface area contributed by atoms with Gasteiger partial charge in [0.2, 0.25) is 0 Å². The second-order valence-corrected chi connectivity index (χ2v) is 22.0. The number of nitrogens with zero attached hydrogens (tertiary/aromatic N) is 3. The Hall–Kier alpha value is -4.98. The fourth-order valence-corrected chi connectivity index (χ4v) is 13.5. The van der Waals surface area contributed by atoms with Gasteiger partial charge < -0.3 is 29.3 Å². The highest BCUT2D eigenvalue weighted by atomic mass is 32.1. The standard InChI is InChI=1S/C41H55FN6O7SSi/c1-12-27-19-31(34(42)33(20-27)53-16-17-54-57(24(2)3,25(4)5)26(6)7)35(37-46-39(50)48(47-37)32-15-18-56-36(32)38(49)52-11)45-30-14-13-28(22-43)29(21-30)23-44-40(51)55-41(8,9)10/h13-15,18-21,24-26,35,45H,12,16-17,23H2,1-11H3,(H,44,51)(H,46,47,50). The fraction of sp³-hybridized carbons (Fsp3) is 0.488. The van der Waals surface area contributed by atoms with Gasteiger partial charge in [-0.2, -0.15) is 9.94 Å². The van der Waals surface area contributed by atoms with Crippen LogP contribution in [0.15, 0.2) is 46.6 Å². The van der Waals surface area contributed by atoms with E-state index >= 15 is 4.39 Å². The first-order chi connectivity index (χ1) is 26.9. The molecule has 0 fully saturated rings. The van der Waals surface area contributed by atoms with E-state index in [4.69, 9.17) is 18.6 Å². The van der Waals surface area contributed by atoms with Crippen molar-refractivity contribution in [1.29, 1.82) is 5.26 Å². The van der Waals surface area contributed by atoms with Crippen molar-refractivity contribution < 1.29 is 32.6 Å². The van der Waals surface area contributed by atoms with Crippen LogP contribution in [0.4, 0.5) is 14.9 Å². The number of anilines is 1. The maximum Gasteiger partial charge on any atom is 0.407 e. The minimum Gasteiger partial charge on any atom is -0.488 e. The lowest BCUT2D eigenvalue weighted by Gasteiger charge is -2.42. The molecule has 3 N–H and O–H groups in total. The molecule has 2 heterocycles. The van der Waals surface area contributed by atoms with E-state index in [0.29, 0.717) is 46.5 Å². The highest BCUT2D eigenvalue weighted by Gasteiger charge is 2.45. The number of benzene rings is 2. The number of aromatic amines is 1. The van der Waals surface area contributed by atoms with Crippen LogP contribution in [0.5, 0.6) is 5.75 Å². The summed E-state index contributed by atoms with van der Waals surface area (Å²) in [5.41, 5.74) is 1.98. The zero-order valence-electron chi connectivity index (χ0n) is 34.7. The van der Waals surface area contributed by atoms with Crippen LogP contribution in [0.2, 0.25) is 16.6 Å². The van der Waals surface area contributed by atoms with Crippen molar-refractivity contribution >= 4 is 37.4 Å². The first-order valence-electron chi connectivity index (χ1n) is 19.1. The van der Waals surface area contributed by atoms with E-state index in [1.54, 1.807) is 62.5 Å². The molecule has 2 aromatic carbocycles. The molecule has 0 saturated heterocycles. The zero-order valence-corrected chi connectivity index (χ0v) is 36.5. The number of nitriles is 1. The average molecular weight is 823 g/mol. The number of aryl methyl sites for hydroxylation is 1. The monoisotopic (exact) mass is 822 g/mol. The Balaban J connectivity index is 1.78. The molecule has 0 aliphatic carbocycles. The van der Waals surface area contributed by atoms with Crippen LogP contribution < -0.4 is 21.1 Å². The Bertz CT molecular complexity index is 2110. The number of hydrogen-bond donors (Lipinski definition) is 3. The number of carbonyl (C=O) groups is 2. The molecule has 2 aromatic heterocycles. The van der Waals surface area contributed by atoms with Gasteiger partial charge >= 0.3 is 17.8 Å². The molecule has 4 rings (SSSR count). The van der Waals surface area contributed by atoms with Gasteiger partial charge in [-0.1, -0.05) is 54.5 Å². The van der Waals surface area contributed by atoms with Crippen molar-refractivity contribution in [2.24, 2.45) is 0 Å². The lowest BCUT2D eigenvalue weighted by molar-refractivity contribution is 0.0522. The number of halogens is 1. The lowest BCUT2D eigenvalue weighted by Crippen LogP contribution is -2.48. The molecule has 4 aromatic rings. The number of nitrogens with one attached hydrogen (secondary N) is 3. The third-order valence-corrected chi connectivity index (χ3v) is 16.8. The third-order valence-electron chi connectivity index (χ3n) is 9.76. The minimum atomic E-state index is -2.19. The van der Waals surface area contributed by atoms with E-state index in [1.807, 2.05) is 6.92 Å². The minimum absolute atomic E-state index is 0.0142. The summed E-state index contributed by atoms with van der Waals surface area (Å²) in [5.74, 6) is -1.27. The van der Waals surface area contributed by atoms with E-state index in [9.17, 15) is 19.6 Å². The van der Waals surface area contributed by atoms with Gasteiger partial charge in [-0.15, -0.1) is 16.4 Å². The second-order valence-electron chi connectivity index (χ2n) is 15.6. The van der Waals surface area contributed by atoms with Gasteiger partial charge in [-0.25, -0.2) is 18.8 Å². The molecule has 0 bridgehead atoms. The molecule has 1 atom stereocenters. The van der Waals surface area contributed by atoms with Crippen molar-refractivity contribution in [2.45, 2.75) is 110 Å². The molecule has 0 aliphatic rings. The molecular weight excluding hydrogens is 768 g/mol. The molecule has 1 amide bonds. The number of esters is 1. The van der Waals surface area contributed by atoms with Crippen molar-refractivity contribution in [3.05, 3.63) is 91.0 Å². The molecule has 0 aliphatic heterocycles. The van der Waals surface area contributed by atoms with Crippen molar-refractivity contribution in [2.75, 3.05) is 25.6 Å². The molecule has 0 saturated carbocycles. The molecular formula is C41H55FN6O7SSi. The van der Waals surface area contributed by atoms with Crippen LogP contribution in [-0.4, -0.2) is 61.1 Å². The van der Waals surface area contributed by atoms with Gasteiger partial charge in [-0.3, -0.25) is 4.98 Å². The molecule has 57 heavy (non-hydrogen) atoms. The number of thiophene rings is 1. The molecule has 1 unspecified atom stereocenters. The number of carbonyl (C=O) groups excluding carboxylic acids is 2. The van der Waals surface area contributed by atoms with Gasteiger partial charge in [0.1, 0.15) is 23.1 Å². The molecule has 0 radical (unpaired) electrons. The maximum atomic E-state index is 16.9. The highest BCUT2D eigenvalue weighted by Crippen LogP contribution is 2.42. The number of aromatic nitrogens is 3. The quantitative estimate of drug-likeness (QED) is 0.0532. The van der Waals surface area contributed by atoms with Gasteiger partial charge in [0.05, 0.1) is 31.0 Å². The van der Waals surface area contributed by atoms with Crippen LogP contribution in [0, 0.1) is 17.1 Å². The van der Waals surface area contributed by atoms with Crippen molar-refractivity contribution in [1.82, 2.24) is 20.1 Å². The summed E-state index contributed by atoms with van der Waals surface area (Å²) in [7, 11) is -0.952. The lowest BCUT2D eigenvalue weighted by atomic mass is 9.99. The maximum absolute atomic E-state index is 16.9. The van der Waals surface area contributed by atoms with Crippen molar-refractivity contribution in [3.63, 3.8) is 0 Å². The first kappa shape index (κ1) is 44.7. The summed E-state index contributed by atoms with van der Waals surface area (Å²) < 4.78 is 41.0. The Labute approximate surface area is 339 Å². The largest absolute Gasteiger partial charge is 0.488 e. The predicted octanol–water partition coefficient (Wildman–Crippen LogP) is 8.78. The Kier molecular flexibility index (Phi) is 14.9. The van der Waals surface area contributed by atoms with Crippen LogP contribution >= 0.6 is 11.3 Å². The van der Waals surface area contributed by atoms with Crippen molar-refractivity contribution in [3.8, 4) is 17.5 Å². The molecule has 16 heteroatoms. The summed E-state index contributed by atoms with van der Waals surface area (Å²) in [4.78, 5) is 41.4. The van der Waals surface area contributed by atoms with Gasteiger partial charge in [-0.05, 0) is 90.7 Å². The van der Waals surface area contributed by atoms with E-state index < -0.39 is 43.5 Å². The summed E-state index contributed by atoms with van der Waals surface area (Å²) >= 11 is 1.09. The van der Waals surface area contributed by atoms with Gasteiger partial charge in [0.25, 0.3) is 0 Å². The number of amides is 1. The van der Waals surface area contributed by atoms with E-state index in [-0.39, 0.29) is 40.9 Å². The van der Waals surface area contributed by atoms with Crippen LogP contribution in [0.1, 0.15) is 113 Å². The van der Waals surface area contributed by atoms with Crippen LogP contribution in [0.25, 0.3) is 5.69 Å². The first-order valence-corrected chi connectivity index (χ1v) is 22.1. The zero-order chi connectivity index (χ0) is 42.2.